The molecule has 3 rings (SSSR count). The summed E-state index contributed by atoms with van der Waals surface area (Å²) in [6, 6.07) is 10.1. The van der Waals surface area contributed by atoms with E-state index >= 15 is 0 Å². The molecule has 1 aromatic heterocycles. The predicted octanol–water partition coefficient (Wildman–Crippen LogP) is 2.25. The molecule has 0 saturated heterocycles. The smallest absolute Gasteiger partial charge is 0.209 e. The first kappa shape index (κ1) is 14.6. The average molecular weight is 305 g/mol. The van der Waals surface area contributed by atoms with Crippen LogP contribution in [-0.2, 0) is 4.74 Å². The number of para-hydroxylation sites is 1. The van der Waals surface area contributed by atoms with E-state index in [1.54, 1.807) is 11.8 Å². The Kier molecular flexibility index (Phi) is 4.90. The van der Waals surface area contributed by atoms with Crippen molar-refractivity contribution in [2.24, 2.45) is 0 Å². The molecule has 0 aliphatic heterocycles. The van der Waals surface area contributed by atoms with Crippen molar-refractivity contribution in [3.63, 3.8) is 0 Å². The van der Waals surface area contributed by atoms with Crippen molar-refractivity contribution < 1.29 is 9.84 Å². The van der Waals surface area contributed by atoms with Gasteiger partial charge in [0.15, 0.2) is 0 Å². The number of ether oxygens (including phenoxy) is 1. The number of hydrogen-bond donors (Lipinski definition) is 1. The van der Waals surface area contributed by atoms with Gasteiger partial charge in [-0.05, 0) is 25.0 Å². The first-order valence-corrected chi connectivity index (χ1v) is 8.21. The zero-order valence-corrected chi connectivity index (χ0v) is 12.6. The Hall–Kier alpha value is -1.37. The van der Waals surface area contributed by atoms with Crippen molar-refractivity contribution in [3.8, 4) is 5.69 Å². The molecule has 1 aliphatic rings. The van der Waals surface area contributed by atoms with Crippen LogP contribution < -0.4 is 0 Å². The van der Waals surface area contributed by atoms with Crippen LogP contribution in [0.1, 0.15) is 24.6 Å². The Morgan fingerprint density at radius 1 is 1.24 bits per heavy atom. The molecule has 21 heavy (non-hydrogen) atoms. The molecule has 1 N–H and O–H groups in total. The molecular weight excluding hydrogens is 286 g/mol. The van der Waals surface area contributed by atoms with Crippen LogP contribution in [0.25, 0.3) is 5.69 Å². The standard InChI is InChI=1S/C15H19N3O2S/c19-8-9-20-10-11-21-15-16-14(12-6-7-12)18(17-15)13-4-2-1-3-5-13/h1-5,12,19H,6-11H2. The van der Waals surface area contributed by atoms with Gasteiger partial charge in [0.25, 0.3) is 0 Å². The molecule has 5 nitrogen and oxygen atoms in total. The van der Waals surface area contributed by atoms with Crippen LogP contribution in [0.3, 0.4) is 0 Å². The summed E-state index contributed by atoms with van der Waals surface area (Å²) < 4.78 is 7.22. The SMILES string of the molecule is OCCOCCSc1nc(C2CC2)n(-c2ccccc2)n1. The van der Waals surface area contributed by atoms with Crippen LogP contribution in [0.5, 0.6) is 0 Å². The van der Waals surface area contributed by atoms with Crippen LogP contribution in [0.2, 0.25) is 0 Å². The van der Waals surface area contributed by atoms with Crippen LogP contribution in [-0.4, -0.2) is 45.4 Å². The van der Waals surface area contributed by atoms with E-state index < -0.39 is 0 Å². The van der Waals surface area contributed by atoms with Crippen LogP contribution in [0, 0.1) is 0 Å². The lowest BCUT2D eigenvalue weighted by Gasteiger charge is -2.03. The van der Waals surface area contributed by atoms with Gasteiger partial charge in [0.1, 0.15) is 5.82 Å². The molecule has 0 atom stereocenters. The van der Waals surface area contributed by atoms with Gasteiger partial charge in [-0.3, -0.25) is 0 Å². The topological polar surface area (TPSA) is 60.2 Å². The fraction of sp³-hybridized carbons (Fsp3) is 0.467. The van der Waals surface area contributed by atoms with Gasteiger partial charge >= 0.3 is 0 Å². The van der Waals surface area contributed by atoms with Crippen molar-refractivity contribution in [2.45, 2.75) is 23.9 Å². The van der Waals surface area contributed by atoms with Gasteiger partial charge < -0.3 is 9.84 Å². The van der Waals surface area contributed by atoms with Gasteiger partial charge in [0.2, 0.25) is 5.16 Å². The number of aromatic nitrogens is 3. The highest BCUT2D eigenvalue weighted by Gasteiger charge is 2.30. The molecule has 112 valence electrons. The maximum atomic E-state index is 8.66. The van der Waals surface area contributed by atoms with Crippen molar-refractivity contribution in [1.82, 2.24) is 14.8 Å². The van der Waals surface area contributed by atoms with E-state index in [1.807, 2.05) is 22.9 Å². The van der Waals surface area contributed by atoms with Gasteiger partial charge in [-0.25, -0.2) is 9.67 Å². The predicted molar refractivity (Wildman–Crippen MR) is 82.0 cm³/mol. The minimum absolute atomic E-state index is 0.0668. The molecular formula is C15H19N3O2S. The minimum atomic E-state index is 0.0668. The summed E-state index contributed by atoms with van der Waals surface area (Å²) in [7, 11) is 0. The lowest BCUT2D eigenvalue weighted by molar-refractivity contribution is 0.103. The second kappa shape index (κ2) is 7.06. The number of rotatable bonds is 8. The van der Waals surface area contributed by atoms with E-state index in [9.17, 15) is 0 Å². The quantitative estimate of drug-likeness (QED) is 0.599. The maximum Gasteiger partial charge on any atom is 0.209 e. The summed E-state index contributed by atoms with van der Waals surface area (Å²) in [4.78, 5) is 4.68. The minimum Gasteiger partial charge on any atom is -0.394 e. The highest BCUT2D eigenvalue weighted by atomic mass is 32.2. The number of aliphatic hydroxyl groups excluding tert-OH is 1. The monoisotopic (exact) mass is 305 g/mol. The van der Waals surface area contributed by atoms with E-state index in [0.717, 1.165) is 22.4 Å². The first-order chi connectivity index (χ1) is 10.4. The van der Waals surface area contributed by atoms with Gasteiger partial charge in [0.05, 0.1) is 25.5 Å². The highest BCUT2D eigenvalue weighted by molar-refractivity contribution is 7.99. The second-order valence-electron chi connectivity index (χ2n) is 4.96. The zero-order valence-electron chi connectivity index (χ0n) is 11.8. The molecule has 0 bridgehead atoms. The van der Waals surface area contributed by atoms with Crippen molar-refractivity contribution >= 4 is 11.8 Å². The zero-order chi connectivity index (χ0) is 14.5. The molecule has 1 aliphatic carbocycles. The van der Waals surface area contributed by atoms with E-state index in [0.29, 0.717) is 19.1 Å². The van der Waals surface area contributed by atoms with E-state index in [1.165, 1.54) is 12.8 Å². The third-order valence-electron chi connectivity index (χ3n) is 3.25. The number of thioether (sulfide) groups is 1. The summed E-state index contributed by atoms with van der Waals surface area (Å²) in [6.07, 6.45) is 2.41. The van der Waals surface area contributed by atoms with E-state index in [2.05, 4.69) is 22.2 Å². The molecule has 0 unspecified atom stereocenters. The summed E-state index contributed by atoms with van der Waals surface area (Å²) in [5, 5.41) is 14.1. The van der Waals surface area contributed by atoms with Crippen molar-refractivity contribution in [2.75, 3.05) is 25.6 Å². The molecule has 2 aromatic rings. The average Bonchev–Trinajstić information content (AvgIpc) is 3.28. The van der Waals surface area contributed by atoms with E-state index in [4.69, 9.17) is 9.84 Å². The van der Waals surface area contributed by atoms with Gasteiger partial charge in [-0.15, -0.1) is 5.10 Å². The maximum absolute atomic E-state index is 8.66. The molecule has 0 radical (unpaired) electrons. The Morgan fingerprint density at radius 3 is 2.76 bits per heavy atom. The van der Waals surface area contributed by atoms with Gasteiger partial charge in [0, 0.05) is 11.7 Å². The van der Waals surface area contributed by atoms with Crippen molar-refractivity contribution in [3.05, 3.63) is 36.2 Å². The molecule has 0 amide bonds. The Bertz CT molecular complexity index is 570. The third kappa shape index (κ3) is 3.84. The third-order valence-corrected chi connectivity index (χ3v) is 4.05. The van der Waals surface area contributed by atoms with Crippen LogP contribution in [0.4, 0.5) is 0 Å². The van der Waals surface area contributed by atoms with Crippen molar-refractivity contribution in [1.29, 1.82) is 0 Å². The van der Waals surface area contributed by atoms with E-state index in [-0.39, 0.29) is 6.61 Å². The largest absolute Gasteiger partial charge is 0.394 e. The second-order valence-corrected chi connectivity index (χ2v) is 6.02. The summed E-state index contributed by atoms with van der Waals surface area (Å²) in [6.45, 7) is 1.06. The number of benzene rings is 1. The van der Waals surface area contributed by atoms with Gasteiger partial charge in [-0.2, -0.15) is 0 Å². The first-order valence-electron chi connectivity index (χ1n) is 7.22. The molecule has 6 heteroatoms. The van der Waals surface area contributed by atoms with Crippen LogP contribution >= 0.6 is 11.8 Å². The molecule has 0 spiro atoms. The Labute approximate surface area is 128 Å². The molecule has 1 heterocycles. The summed E-state index contributed by atoms with van der Waals surface area (Å²) in [5.74, 6) is 2.42. The lowest BCUT2D eigenvalue weighted by Crippen LogP contribution is -2.02. The Balaban J connectivity index is 1.68. The highest BCUT2D eigenvalue weighted by Crippen LogP contribution is 2.40. The lowest BCUT2D eigenvalue weighted by atomic mass is 10.3. The summed E-state index contributed by atoms with van der Waals surface area (Å²) in [5.41, 5.74) is 1.07. The molecule has 1 fully saturated rings. The fourth-order valence-corrected chi connectivity index (χ4v) is 2.77. The Morgan fingerprint density at radius 2 is 2.05 bits per heavy atom. The van der Waals surface area contributed by atoms with Gasteiger partial charge in [-0.1, -0.05) is 30.0 Å². The summed E-state index contributed by atoms with van der Waals surface area (Å²) >= 11 is 1.60. The normalized spacial score (nSPS) is 14.5. The fourth-order valence-electron chi connectivity index (χ4n) is 2.09. The van der Waals surface area contributed by atoms with Crippen LogP contribution in [0.15, 0.2) is 35.5 Å². The molecule has 1 saturated carbocycles. The number of aliphatic hydroxyl groups is 1. The number of hydrogen-bond acceptors (Lipinski definition) is 5. The number of nitrogens with zero attached hydrogens (tertiary/aromatic N) is 3. The molecule has 1 aromatic carbocycles.